The van der Waals surface area contributed by atoms with Gasteiger partial charge in [0, 0.05) is 0 Å². The van der Waals surface area contributed by atoms with Crippen molar-refractivity contribution in [3.05, 3.63) is 65.2 Å². The van der Waals surface area contributed by atoms with Gasteiger partial charge < -0.3 is 20.4 Å². The maximum Gasteiger partial charge on any atom is 0.335 e. The Bertz CT molecular complexity index is 660. The van der Waals surface area contributed by atoms with Gasteiger partial charge in [-0.15, -0.1) is 0 Å². The Hall–Kier alpha value is -3.35. The molecule has 0 amide bonds. The van der Waals surface area contributed by atoms with Crippen molar-refractivity contribution in [3.8, 4) is 5.75 Å². The van der Waals surface area contributed by atoms with Gasteiger partial charge in [-0.25, -0.2) is 14.4 Å². The van der Waals surface area contributed by atoms with Crippen molar-refractivity contribution in [2.75, 3.05) is 0 Å². The van der Waals surface area contributed by atoms with Crippen LogP contribution < -0.4 is 0 Å². The lowest BCUT2D eigenvalue weighted by Gasteiger charge is -1.95. The molecule has 0 heterocycles. The van der Waals surface area contributed by atoms with E-state index in [0.29, 0.717) is 0 Å². The first-order valence-corrected chi connectivity index (χ1v) is 5.90. The standard InChI is InChI=1S/C8H6O4.C7H6O3/c9-7(10)5-2-1-3-6(4-5)8(11)12;8-6-3-1-5(2-4-6)7(9)10/h1-4H,(H,9,10)(H,11,12);1-4,8H,(H,9,10). The van der Waals surface area contributed by atoms with Gasteiger partial charge in [0.2, 0.25) is 0 Å². The second-order valence-corrected chi connectivity index (χ2v) is 4.04. The van der Waals surface area contributed by atoms with Gasteiger partial charge in [-0.3, -0.25) is 0 Å². The van der Waals surface area contributed by atoms with Crippen molar-refractivity contribution >= 4 is 17.9 Å². The van der Waals surface area contributed by atoms with Gasteiger partial charge in [0.25, 0.3) is 0 Å². The Kier molecular flexibility index (Phi) is 5.65. The van der Waals surface area contributed by atoms with E-state index in [4.69, 9.17) is 20.4 Å². The molecule has 0 saturated carbocycles. The van der Waals surface area contributed by atoms with Gasteiger partial charge >= 0.3 is 17.9 Å². The van der Waals surface area contributed by atoms with Gasteiger partial charge in [-0.1, -0.05) is 6.07 Å². The molecule has 114 valence electrons. The number of phenolic OH excluding ortho intramolecular Hbond substituents is 1. The molecule has 0 atom stereocenters. The molecule has 0 unspecified atom stereocenters. The number of benzene rings is 2. The van der Waals surface area contributed by atoms with E-state index in [1.165, 1.54) is 42.5 Å². The average Bonchev–Trinajstić information content (AvgIpc) is 2.48. The van der Waals surface area contributed by atoms with E-state index >= 15 is 0 Å². The fourth-order valence-corrected chi connectivity index (χ4v) is 1.39. The minimum Gasteiger partial charge on any atom is -0.508 e. The first kappa shape index (κ1) is 16.7. The summed E-state index contributed by atoms with van der Waals surface area (Å²) in [6.45, 7) is 0. The molecule has 2 rings (SSSR count). The maximum atomic E-state index is 10.4. The van der Waals surface area contributed by atoms with Crippen LogP contribution in [0.1, 0.15) is 31.1 Å². The van der Waals surface area contributed by atoms with Crippen molar-refractivity contribution in [2.24, 2.45) is 0 Å². The van der Waals surface area contributed by atoms with E-state index < -0.39 is 17.9 Å². The van der Waals surface area contributed by atoms with Crippen LogP contribution in [-0.2, 0) is 0 Å². The summed E-state index contributed by atoms with van der Waals surface area (Å²) >= 11 is 0. The number of aromatic hydroxyl groups is 1. The van der Waals surface area contributed by atoms with Gasteiger partial charge in [0.15, 0.2) is 0 Å². The van der Waals surface area contributed by atoms with Crippen LogP contribution in [0, 0.1) is 0 Å². The molecule has 7 nitrogen and oxygen atoms in total. The van der Waals surface area contributed by atoms with Crippen LogP contribution in [0.25, 0.3) is 0 Å². The Morgan fingerprint density at radius 2 is 1.05 bits per heavy atom. The summed E-state index contributed by atoms with van der Waals surface area (Å²) in [5.41, 5.74) is 0.141. The van der Waals surface area contributed by atoms with Crippen LogP contribution >= 0.6 is 0 Å². The molecule has 0 radical (unpaired) electrons. The molecule has 0 aromatic heterocycles. The topological polar surface area (TPSA) is 132 Å². The normalized spacial score (nSPS) is 9.27. The van der Waals surface area contributed by atoms with Crippen molar-refractivity contribution in [2.45, 2.75) is 0 Å². The van der Waals surface area contributed by atoms with Crippen molar-refractivity contribution < 1.29 is 34.8 Å². The number of hydrogen-bond acceptors (Lipinski definition) is 4. The third kappa shape index (κ3) is 4.97. The zero-order valence-electron chi connectivity index (χ0n) is 11.1. The zero-order valence-corrected chi connectivity index (χ0v) is 11.1. The lowest BCUT2D eigenvalue weighted by atomic mass is 10.1. The summed E-state index contributed by atoms with van der Waals surface area (Å²) in [5.74, 6) is -3.17. The van der Waals surface area contributed by atoms with Gasteiger partial charge in [-0.2, -0.15) is 0 Å². The molecular weight excluding hydrogens is 292 g/mol. The largest absolute Gasteiger partial charge is 0.508 e. The number of carboxylic acids is 3. The second kappa shape index (κ2) is 7.44. The molecule has 0 aliphatic carbocycles. The Balaban J connectivity index is 0.000000224. The molecule has 0 aliphatic heterocycles. The summed E-state index contributed by atoms with van der Waals surface area (Å²) in [6, 6.07) is 10.6. The first-order valence-electron chi connectivity index (χ1n) is 5.90. The monoisotopic (exact) mass is 304 g/mol. The number of rotatable bonds is 3. The third-order valence-corrected chi connectivity index (χ3v) is 2.47. The first-order chi connectivity index (χ1) is 10.3. The third-order valence-electron chi connectivity index (χ3n) is 2.47. The van der Waals surface area contributed by atoms with Crippen molar-refractivity contribution in [1.82, 2.24) is 0 Å². The van der Waals surface area contributed by atoms with E-state index in [0.717, 1.165) is 6.07 Å². The molecule has 0 bridgehead atoms. The smallest absolute Gasteiger partial charge is 0.335 e. The highest BCUT2D eigenvalue weighted by Crippen LogP contribution is 2.08. The Morgan fingerprint density at radius 3 is 1.41 bits per heavy atom. The number of hydrogen-bond donors (Lipinski definition) is 4. The molecule has 2 aromatic carbocycles. The van der Waals surface area contributed by atoms with E-state index in [2.05, 4.69) is 0 Å². The lowest BCUT2D eigenvalue weighted by molar-refractivity contribution is 0.0682. The number of carbonyl (C=O) groups is 3. The molecule has 22 heavy (non-hydrogen) atoms. The van der Waals surface area contributed by atoms with Gasteiger partial charge in [0.1, 0.15) is 5.75 Å². The highest BCUT2D eigenvalue weighted by molar-refractivity contribution is 5.93. The minimum absolute atomic E-state index is 0.0186. The second-order valence-electron chi connectivity index (χ2n) is 4.04. The molecule has 0 spiro atoms. The van der Waals surface area contributed by atoms with E-state index in [1.54, 1.807) is 0 Å². The Labute approximate surface area is 124 Å². The van der Waals surface area contributed by atoms with Crippen LogP contribution in [0.3, 0.4) is 0 Å². The van der Waals surface area contributed by atoms with Gasteiger partial charge in [-0.05, 0) is 42.5 Å². The van der Waals surface area contributed by atoms with Crippen LogP contribution in [0.15, 0.2) is 48.5 Å². The molecule has 4 N–H and O–H groups in total. The highest BCUT2D eigenvalue weighted by atomic mass is 16.4. The summed E-state index contributed by atoms with van der Waals surface area (Å²) in [4.78, 5) is 31.0. The van der Waals surface area contributed by atoms with Crippen LogP contribution in [0.5, 0.6) is 5.75 Å². The fraction of sp³-hybridized carbons (Fsp3) is 0. The molecule has 0 saturated heterocycles. The summed E-state index contributed by atoms with van der Waals surface area (Å²) in [5, 5.41) is 34.1. The van der Waals surface area contributed by atoms with Crippen LogP contribution in [0.4, 0.5) is 0 Å². The minimum atomic E-state index is -1.13. The molecular formula is C15H12O7. The summed E-state index contributed by atoms with van der Waals surface area (Å²) in [7, 11) is 0. The highest BCUT2D eigenvalue weighted by Gasteiger charge is 2.06. The molecule has 7 heteroatoms. The predicted octanol–water partition coefficient (Wildman–Crippen LogP) is 2.17. The van der Waals surface area contributed by atoms with E-state index in [1.807, 2.05) is 0 Å². The fourth-order valence-electron chi connectivity index (χ4n) is 1.39. The van der Waals surface area contributed by atoms with E-state index in [9.17, 15) is 14.4 Å². The summed E-state index contributed by atoms with van der Waals surface area (Å²) in [6.07, 6.45) is 0. The Morgan fingerprint density at radius 1 is 0.636 bits per heavy atom. The van der Waals surface area contributed by atoms with Crippen LogP contribution in [0.2, 0.25) is 0 Å². The molecule has 2 aromatic rings. The number of aromatic carboxylic acids is 3. The number of phenols is 1. The molecule has 0 aliphatic rings. The average molecular weight is 304 g/mol. The van der Waals surface area contributed by atoms with Gasteiger partial charge in [0.05, 0.1) is 16.7 Å². The van der Waals surface area contributed by atoms with Crippen LogP contribution in [-0.4, -0.2) is 38.3 Å². The quantitative estimate of drug-likeness (QED) is 0.683. The predicted molar refractivity (Wildman–Crippen MR) is 75.4 cm³/mol. The molecule has 0 fully saturated rings. The number of carboxylic acid groups (broad SMARTS) is 3. The zero-order chi connectivity index (χ0) is 16.7. The van der Waals surface area contributed by atoms with E-state index in [-0.39, 0.29) is 22.4 Å². The van der Waals surface area contributed by atoms with Crippen molar-refractivity contribution in [1.29, 1.82) is 0 Å². The lowest BCUT2D eigenvalue weighted by Crippen LogP contribution is -2.01. The summed E-state index contributed by atoms with van der Waals surface area (Å²) < 4.78 is 0. The van der Waals surface area contributed by atoms with Crippen molar-refractivity contribution in [3.63, 3.8) is 0 Å². The maximum absolute atomic E-state index is 10.4. The SMILES string of the molecule is O=C(O)c1ccc(O)cc1.O=C(O)c1cccc(C(=O)O)c1.